The predicted octanol–water partition coefficient (Wildman–Crippen LogP) is 3.81. The highest BCUT2D eigenvalue weighted by Crippen LogP contribution is 2.25. The summed E-state index contributed by atoms with van der Waals surface area (Å²) in [7, 11) is 0. The van der Waals surface area contributed by atoms with Gasteiger partial charge in [-0.25, -0.2) is 4.98 Å². The van der Waals surface area contributed by atoms with Crippen LogP contribution in [0.4, 0.5) is 0 Å². The lowest BCUT2D eigenvalue weighted by molar-refractivity contribution is -0.128. The Morgan fingerprint density at radius 3 is 2.64 bits per heavy atom. The van der Waals surface area contributed by atoms with Crippen LogP contribution in [0, 0.1) is 5.92 Å². The number of rotatable bonds is 8. The second-order valence-corrected chi connectivity index (χ2v) is 9.00. The molecule has 2 unspecified atom stereocenters. The van der Waals surface area contributed by atoms with E-state index in [0.29, 0.717) is 12.2 Å². The van der Waals surface area contributed by atoms with E-state index >= 15 is 0 Å². The number of aromatic nitrogens is 2. The molecule has 0 radical (unpaired) electrons. The van der Waals surface area contributed by atoms with Gasteiger partial charge in [0, 0.05) is 18.0 Å². The third-order valence-corrected chi connectivity index (χ3v) is 5.99. The zero-order valence-corrected chi connectivity index (χ0v) is 19.3. The average molecular weight is 449 g/mol. The van der Waals surface area contributed by atoms with Crippen molar-refractivity contribution in [2.45, 2.75) is 64.8 Å². The van der Waals surface area contributed by atoms with Crippen LogP contribution < -0.4 is 15.4 Å². The van der Waals surface area contributed by atoms with Crippen LogP contribution in [-0.2, 0) is 22.7 Å². The van der Waals surface area contributed by atoms with E-state index in [-0.39, 0.29) is 43.0 Å². The highest BCUT2D eigenvalue weighted by Gasteiger charge is 2.28. The van der Waals surface area contributed by atoms with Gasteiger partial charge < -0.3 is 19.9 Å². The summed E-state index contributed by atoms with van der Waals surface area (Å²) in [5.41, 5.74) is 1.73. The van der Waals surface area contributed by atoms with Crippen LogP contribution in [0.3, 0.4) is 0 Å². The van der Waals surface area contributed by atoms with Crippen LogP contribution in [0.15, 0.2) is 54.6 Å². The Morgan fingerprint density at radius 1 is 1.09 bits per heavy atom. The van der Waals surface area contributed by atoms with Gasteiger partial charge in [-0.3, -0.25) is 9.59 Å². The van der Waals surface area contributed by atoms with E-state index in [1.165, 1.54) is 0 Å². The summed E-state index contributed by atoms with van der Waals surface area (Å²) in [4.78, 5) is 30.1. The van der Waals surface area contributed by atoms with E-state index < -0.39 is 0 Å². The summed E-state index contributed by atoms with van der Waals surface area (Å²) >= 11 is 0. The summed E-state index contributed by atoms with van der Waals surface area (Å²) in [6.45, 7) is 4.36. The zero-order valence-electron chi connectivity index (χ0n) is 19.3. The van der Waals surface area contributed by atoms with Crippen LogP contribution in [0.25, 0.3) is 11.0 Å². The number of ether oxygens (including phenoxy) is 1. The largest absolute Gasteiger partial charge is 0.486 e. The number of para-hydroxylation sites is 3. The first kappa shape index (κ1) is 22.8. The number of fused-ring (bicyclic) bond motifs is 1. The van der Waals surface area contributed by atoms with Crippen molar-refractivity contribution in [3.05, 3.63) is 60.4 Å². The smallest absolute Gasteiger partial charge is 0.240 e. The summed E-state index contributed by atoms with van der Waals surface area (Å²) < 4.78 is 7.82. The Labute approximate surface area is 194 Å². The van der Waals surface area contributed by atoms with Gasteiger partial charge >= 0.3 is 0 Å². The fraction of sp³-hybridized carbons (Fsp3) is 0.423. The molecule has 0 saturated heterocycles. The maximum atomic E-state index is 13.0. The van der Waals surface area contributed by atoms with Gasteiger partial charge in [0.25, 0.3) is 0 Å². The van der Waals surface area contributed by atoms with Crippen LogP contribution in [0.1, 0.15) is 45.4 Å². The Kier molecular flexibility index (Phi) is 7.27. The maximum absolute atomic E-state index is 13.0. The van der Waals surface area contributed by atoms with Crippen LogP contribution in [0.2, 0.25) is 0 Å². The van der Waals surface area contributed by atoms with Crippen molar-refractivity contribution in [3.8, 4) is 5.75 Å². The molecule has 1 aliphatic rings. The number of hydrogen-bond acceptors (Lipinski definition) is 4. The van der Waals surface area contributed by atoms with Gasteiger partial charge in [0.15, 0.2) is 0 Å². The van der Waals surface area contributed by atoms with Crippen LogP contribution >= 0.6 is 0 Å². The van der Waals surface area contributed by atoms with Crippen molar-refractivity contribution >= 4 is 22.8 Å². The SMILES string of the molecule is CC(C)NC(=O)C1CCCC(NC(=O)Cn2c(COc3ccccc3)nc3ccccc32)C1. The Morgan fingerprint density at radius 2 is 1.85 bits per heavy atom. The Balaban J connectivity index is 1.43. The molecule has 4 rings (SSSR count). The molecular weight excluding hydrogens is 416 g/mol. The third-order valence-electron chi connectivity index (χ3n) is 5.99. The van der Waals surface area contributed by atoms with Gasteiger partial charge in [-0.15, -0.1) is 0 Å². The van der Waals surface area contributed by atoms with Crippen LogP contribution in [0.5, 0.6) is 5.75 Å². The molecule has 7 heteroatoms. The molecule has 2 aromatic carbocycles. The number of amides is 2. The molecule has 7 nitrogen and oxygen atoms in total. The first-order valence-electron chi connectivity index (χ1n) is 11.7. The van der Waals surface area contributed by atoms with Gasteiger partial charge in [0.2, 0.25) is 11.8 Å². The van der Waals surface area contributed by atoms with E-state index in [0.717, 1.165) is 36.0 Å². The number of nitrogens with one attached hydrogen (secondary N) is 2. The summed E-state index contributed by atoms with van der Waals surface area (Å²) in [6.07, 6.45) is 3.38. The molecule has 2 amide bonds. The quantitative estimate of drug-likeness (QED) is 0.549. The molecule has 2 atom stereocenters. The molecule has 1 heterocycles. The average Bonchev–Trinajstić information content (AvgIpc) is 3.15. The fourth-order valence-corrected chi connectivity index (χ4v) is 4.45. The molecule has 174 valence electrons. The standard InChI is InChI=1S/C26H32N4O3/c1-18(2)27-26(32)19-9-8-10-20(15-19)28-25(31)16-30-23-14-7-6-13-22(23)29-24(30)17-33-21-11-4-3-5-12-21/h3-7,11-14,18-20H,8-10,15-17H2,1-2H3,(H,27,32)(H,28,31). The lowest BCUT2D eigenvalue weighted by Crippen LogP contribution is -2.44. The molecule has 0 aliphatic heterocycles. The van der Waals surface area contributed by atoms with Gasteiger partial charge in [-0.05, 0) is 57.4 Å². The number of carbonyl (C=O) groups is 2. The monoisotopic (exact) mass is 448 g/mol. The highest BCUT2D eigenvalue weighted by molar-refractivity contribution is 5.82. The van der Waals surface area contributed by atoms with Gasteiger partial charge in [-0.2, -0.15) is 0 Å². The van der Waals surface area contributed by atoms with Crippen molar-refractivity contribution in [1.82, 2.24) is 20.2 Å². The van der Waals surface area contributed by atoms with Crippen molar-refractivity contribution in [1.29, 1.82) is 0 Å². The normalized spacial score (nSPS) is 18.3. The molecule has 3 aromatic rings. The topological polar surface area (TPSA) is 85.2 Å². The van der Waals surface area contributed by atoms with Crippen LogP contribution in [-0.4, -0.2) is 33.4 Å². The first-order chi connectivity index (χ1) is 16.0. The zero-order chi connectivity index (χ0) is 23.2. The second-order valence-electron chi connectivity index (χ2n) is 9.00. The maximum Gasteiger partial charge on any atom is 0.240 e. The summed E-state index contributed by atoms with van der Waals surface area (Å²) in [6, 6.07) is 17.5. The molecule has 0 spiro atoms. The molecule has 1 aromatic heterocycles. The van der Waals surface area contributed by atoms with E-state index in [4.69, 9.17) is 9.72 Å². The summed E-state index contributed by atoms with van der Waals surface area (Å²) in [5, 5.41) is 6.15. The van der Waals surface area contributed by atoms with E-state index in [1.54, 1.807) is 0 Å². The van der Waals surface area contributed by atoms with Gasteiger partial charge in [0.05, 0.1) is 11.0 Å². The number of carbonyl (C=O) groups excluding carboxylic acids is 2. The number of imidazole rings is 1. The molecule has 1 aliphatic carbocycles. The minimum absolute atomic E-state index is 0.00738. The first-order valence-corrected chi connectivity index (χ1v) is 11.7. The van der Waals surface area contributed by atoms with E-state index in [1.807, 2.05) is 73.0 Å². The number of benzene rings is 2. The molecular formula is C26H32N4O3. The predicted molar refractivity (Wildman–Crippen MR) is 128 cm³/mol. The van der Waals surface area contributed by atoms with E-state index in [2.05, 4.69) is 10.6 Å². The fourth-order valence-electron chi connectivity index (χ4n) is 4.45. The minimum Gasteiger partial charge on any atom is -0.486 e. The van der Waals surface area contributed by atoms with Crippen molar-refractivity contribution < 1.29 is 14.3 Å². The lowest BCUT2D eigenvalue weighted by Gasteiger charge is -2.29. The van der Waals surface area contributed by atoms with Gasteiger partial charge in [-0.1, -0.05) is 36.8 Å². The molecule has 1 fully saturated rings. The Hall–Kier alpha value is -3.35. The highest BCUT2D eigenvalue weighted by atomic mass is 16.5. The minimum atomic E-state index is -0.0750. The summed E-state index contributed by atoms with van der Waals surface area (Å²) in [5.74, 6) is 1.43. The molecule has 1 saturated carbocycles. The Bertz CT molecular complexity index is 1090. The van der Waals surface area contributed by atoms with E-state index in [9.17, 15) is 9.59 Å². The van der Waals surface area contributed by atoms with Crippen molar-refractivity contribution in [2.24, 2.45) is 5.92 Å². The number of hydrogen-bond donors (Lipinski definition) is 2. The van der Waals surface area contributed by atoms with Gasteiger partial charge in [0.1, 0.15) is 24.7 Å². The number of nitrogens with zero attached hydrogens (tertiary/aromatic N) is 2. The molecule has 33 heavy (non-hydrogen) atoms. The molecule has 2 N–H and O–H groups in total. The third kappa shape index (κ3) is 5.92. The lowest BCUT2D eigenvalue weighted by atomic mass is 9.85. The molecule has 0 bridgehead atoms. The van der Waals surface area contributed by atoms with Crippen molar-refractivity contribution in [2.75, 3.05) is 0 Å². The van der Waals surface area contributed by atoms with Crippen molar-refractivity contribution in [3.63, 3.8) is 0 Å². The second kappa shape index (κ2) is 10.5.